The molecule has 3 rings (SSSR count). The first kappa shape index (κ1) is 27.1. The molecule has 0 aromatic heterocycles. The van der Waals surface area contributed by atoms with Gasteiger partial charge in [0.25, 0.3) is 5.91 Å². The molecular formula is C23H31N3O7S2. The smallest absolute Gasteiger partial charge is 0.258 e. The van der Waals surface area contributed by atoms with E-state index in [1.54, 1.807) is 12.1 Å². The lowest BCUT2D eigenvalue weighted by atomic mass is 10.2. The summed E-state index contributed by atoms with van der Waals surface area (Å²) in [6.45, 7) is 5.54. The molecule has 1 amide bonds. The average molecular weight is 526 g/mol. The molecule has 0 unspecified atom stereocenters. The summed E-state index contributed by atoms with van der Waals surface area (Å²) in [4.78, 5) is 12.5. The summed E-state index contributed by atoms with van der Waals surface area (Å²) in [5.74, 6) is 0.179. The summed E-state index contributed by atoms with van der Waals surface area (Å²) in [7, 11) is -7.16. The van der Waals surface area contributed by atoms with Gasteiger partial charge in [-0.25, -0.2) is 21.6 Å². The van der Waals surface area contributed by atoms with E-state index in [0.717, 1.165) is 5.56 Å². The maximum absolute atomic E-state index is 12.7. The Bertz CT molecular complexity index is 1190. The summed E-state index contributed by atoms with van der Waals surface area (Å²) in [6, 6.07) is 12.2. The zero-order valence-corrected chi connectivity index (χ0v) is 21.4. The molecule has 1 heterocycles. The molecule has 0 aliphatic carbocycles. The SMILES string of the molecule is CC(C)CNS(=O)(=O)c1ccc(OCC(=O)NCc2ccc(S(=O)(=O)N3CCOCC3)cc2)cc1. The fourth-order valence-corrected chi connectivity index (χ4v) is 5.81. The van der Waals surface area contributed by atoms with E-state index in [4.69, 9.17) is 9.47 Å². The lowest BCUT2D eigenvalue weighted by Gasteiger charge is -2.26. The first-order valence-electron chi connectivity index (χ1n) is 11.2. The van der Waals surface area contributed by atoms with Crippen molar-refractivity contribution in [2.45, 2.75) is 30.2 Å². The molecule has 2 aromatic rings. The zero-order valence-electron chi connectivity index (χ0n) is 19.8. The van der Waals surface area contributed by atoms with Gasteiger partial charge in [0.2, 0.25) is 20.0 Å². The Morgan fingerprint density at radius 1 is 0.971 bits per heavy atom. The second kappa shape index (κ2) is 12.0. The van der Waals surface area contributed by atoms with Gasteiger partial charge in [0.05, 0.1) is 23.0 Å². The Kier molecular flexibility index (Phi) is 9.25. The quantitative estimate of drug-likeness (QED) is 0.453. The molecule has 1 aliphatic heterocycles. The molecule has 12 heteroatoms. The van der Waals surface area contributed by atoms with Gasteiger partial charge >= 0.3 is 0 Å². The van der Waals surface area contributed by atoms with E-state index in [9.17, 15) is 21.6 Å². The van der Waals surface area contributed by atoms with Crippen molar-refractivity contribution in [3.63, 3.8) is 0 Å². The van der Waals surface area contributed by atoms with Crippen LogP contribution >= 0.6 is 0 Å². The number of hydrogen-bond acceptors (Lipinski definition) is 7. The number of benzene rings is 2. The highest BCUT2D eigenvalue weighted by atomic mass is 32.2. The molecule has 0 bridgehead atoms. The molecule has 2 aromatic carbocycles. The summed E-state index contributed by atoms with van der Waals surface area (Å²) < 4.78 is 64.4. The van der Waals surface area contributed by atoms with Crippen LogP contribution in [0.3, 0.4) is 0 Å². The number of ether oxygens (including phenoxy) is 2. The van der Waals surface area contributed by atoms with Crippen LogP contribution in [0.15, 0.2) is 58.3 Å². The Labute approximate surface area is 206 Å². The van der Waals surface area contributed by atoms with Crippen LogP contribution < -0.4 is 14.8 Å². The molecule has 35 heavy (non-hydrogen) atoms. The van der Waals surface area contributed by atoms with Crippen molar-refractivity contribution in [3.8, 4) is 5.75 Å². The molecule has 1 aliphatic rings. The molecule has 1 fully saturated rings. The molecule has 0 saturated carbocycles. The van der Waals surface area contributed by atoms with Gasteiger partial charge in [-0.15, -0.1) is 0 Å². The molecule has 0 radical (unpaired) electrons. The third-order valence-corrected chi connectivity index (χ3v) is 8.56. The van der Waals surface area contributed by atoms with Crippen LogP contribution in [0.5, 0.6) is 5.75 Å². The van der Waals surface area contributed by atoms with Crippen LogP contribution in [-0.2, 0) is 36.1 Å². The van der Waals surface area contributed by atoms with Crippen molar-refractivity contribution in [2.75, 3.05) is 39.5 Å². The predicted octanol–water partition coefficient (Wildman–Crippen LogP) is 1.34. The van der Waals surface area contributed by atoms with Gasteiger partial charge in [-0.1, -0.05) is 26.0 Å². The first-order chi connectivity index (χ1) is 16.6. The second-order valence-corrected chi connectivity index (χ2v) is 12.1. The van der Waals surface area contributed by atoms with Crippen molar-refractivity contribution < 1.29 is 31.1 Å². The fraction of sp³-hybridized carbons (Fsp3) is 0.435. The maximum atomic E-state index is 12.7. The lowest BCUT2D eigenvalue weighted by Crippen LogP contribution is -2.40. The average Bonchev–Trinajstić information content (AvgIpc) is 2.86. The van der Waals surface area contributed by atoms with Gasteiger partial charge in [0, 0.05) is 26.2 Å². The number of amides is 1. The summed E-state index contributed by atoms with van der Waals surface area (Å²) in [5, 5.41) is 2.71. The minimum absolute atomic E-state index is 0.119. The molecule has 1 saturated heterocycles. The Balaban J connectivity index is 1.46. The topological polar surface area (TPSA) is 131 Å². The van der Waals surface area contributed by atoms with E-state index < -0.39 is 20.0 Å². The van der Waals surface area contributed by atoms with E-state index in [2.05, 4.69) is 10.0 Å². The minimum atomic E-state index is -3.59. The first-order valence-corrected chi connectivity index (χ1v) is 14.2. The highest BCUT2D eigenvalue weighted by Crippen LogP contribution is 2.18. The highest BCUT2D eigenvalue weighted by Gasteiger charge is 2.26. The van der Waals surface area contributed by atoms with E-state index in [0.29, 0.717) is 38.6 Å². The van der Waals surface area contributed by atoms with Gasteiger partial charge in [-0.3, -0.25) is 4.79 Å². The lowest BCUT2D eigenvalue weighted by molar-refractivity contribution is -0.123. The molecule has 10 nitrogen and oxygen atoms in total. The summed E-state index contributed by atoms with van der Waals surface area (Å²) in [5.41, 5.74) is 0.739. The maximum Gasteiger partial charge on any atom is 0.258 e. The van der Waals surface area contributed by atoms with Crippen LogP contribution in [0.1, 0.15) is 19.4 Å². The Morgan fingerprint density at radius 3 is 2.17 bits per heavy atom. The van der Waals surface area contributed by atoms with Crippen molar-refractivity contribution >= 4 is 26.0 Å². The fourth-order valence-electron chi connectivity index (χ4n) is 3.19. The summed E-state index contributed by atoms with van der Waals surface area (Å²) >= 11 is 0. The number of nitrogens with one attached hydrogen (secondary N) is 2. The molecule has 192 valence electrons. The van der Waals surface area contributed by atoms with Gasteiger partial charge in [0.1, 0.15) is 5.75 Å². The number of sulfonamides is 2. The third-order valence-electron chi connectivity index (χ3n) is 5.21. The summed E-state index contributed by atoms with van der Waals surface area (Å²) in [6.07, 6.45) is 0. The number of carbonyl (C=O) groups excluding carboxylic acids is 1. The van der Waals surface area contributed by atoms with E-state index in [1.165, 1.54) is 40.7 Å². The monoisotopic (exact) mass is 525 g/mol. The third kappa shape index (κ3) is 7.74. The Hall–Kier alpha value is -2.51. The number of carbonyl (C=O) groups is 1. The standard InChI is InChI=1S/C23H31N3O7S2/c1-18(2)15-25-34(28,29)21-9-5-20(6-10-21)33-17-23(27)24-16-19-3-7-22(8-4-19)35(30,31)26-11-13-32-14-12-26/h3-10,18,25H,11-17H2,1-2H3,(H,24,27). The highest BCUT2D eigenvalue weighted by molar-refractivity contribution is 7.89. The van der Waals surface area contributed by atoms with Gasteiger partial charge in [0.15, 0.2) is 6.61 Å². The normalized spacial score (nSPS) is 15.2. The van der Waals surface area contributed by atoms with Crippen molar-refractivity contribution in [1.29, 1.82) is 0 Å². The van der Waals surface area contributed by atoms with E-state index in [-0.39, 0.29) is 34.8 Å². The van der Waals surface area contributed by atoms with Crippen LogP contribution in [0.4, 0.5) is 0 Å². The van der Waals surface area contributed by atoms with Crippen LogP contribution in [-0.4, -0.2) is 66.5 Å². The number of rotatable bonds is 11. The van der Waals surface area contributed by atoms with E-state index in [1.807, 2.05) is 13.8 Å². The predicted molar refractivity (Wildman–Crippen MR) is 130 cm³/mol. The number of hydrogen-bond donors (Lipinski definition) is 2. The molecule has 2 N–H and O–H groups in total. The molecule has 0 spiro atoms. The minimum Gasteiger partial charge on any atom is -0.484 e. The Morgan fingerprint density at radius 2 is 1.57 bits per heavy atom. The van der Waals surface area contributed by atoms with Crippen molar-refractivity contribution in [1.82, 2.24) is 14.3 Å². The number of morpholine rings is 1. The van der Waals surface area contributed by atoms with E-state index >= 15 is 0 Å². The van der Waals surface area contributed by atoms with Crippen molar-refractivity contribution in [3.05, 3.63) is 54.1 Å². The zero-order chi connectivity index (χ0) is 25.5. The van der Waals surface area contributed by atoms with Crippen LogP contribution in [0.25, 0.3) is 0 Å². The van der Waals surface area contributed by atoms with Crippen LogP contribution in [0.2, 0.25) is 0 Å². The molecule has 0 atom stereocenters. The van der Waals surface area contributed by atoms with Gasteiger partial charge in [-0.05, 0) is 47.9 Å². The molecular weight excluding hydrogens is 494 g/mol. The van der Waals surface area contributed by atoms with Crippen LogP contribution in [0, 0.1) is 5.92 Å². The van der Waals surface area contributed by atoms with Gasteiger partial charge in [-0.2, -0.15) is 4.31 Å². The largest absolute Gasteiger partial charge is 0.484 e. The number of nitrogens with zero attached hydrogens (tertiary/aromatic N) is 1. The van der Waals surface area contributed by atoms with Crippen molar-refractivity contribution in [2.24, 2.45) is 5.92 Å². The van der Waals surface area contributed by atoms with Gasteiger partial charge < -0.3 is 14.8 Å². The second-order valence-electron chi connectivity index (χ2n) is 8.44.